The van der Waals surface area contributed by atoms with Gasteiger partial charge in [0.2, 0.25) is 12.2 Å². The molecule has 1 rings (SSSR count). The van der Waals surface area contributed by atoms with Crippen LogP contribution < -0.4 is 11.1 Å². The van der Waals surface area contributed by atoms with Crippen molar-refractivity contribution in [3.63, 3.8) is 0 Å². The largest absolute Gasteiger partial charge is 0.326 e. The molecular formula is C11H13N2O2. The zero-order chi connectivity index (χ0) is 11.3. The molecule has 1 aromatic carbocycles. The third-order valence-electron chi connectivity index (χ3n) is 1.88. The Bertz CT molecular complexity index is 346. The molecule has 0 aromatic heterocycles. The molecule has 15 heavy (non-hydrogen) atoms. The molecule has 1 aromatic rings. The van der Waals surface area contributed by atoms with Crippen molar-refractivity contribution in [2.24, 2.45) is 5.73 Å². The lowest BCUT2D eigenvalue weighted by molar-refractivity contribution is -0.114. The lowest BCUT2D eigenvalue weighted by Gasteiger charge is -2.05. The van der Waals surface area contributed by atoms with Crippen LogP contribution in [-0.2, 0) is 16.0 Å². The van der Waals surface area contributed by atoms with Crippen molar-refractivity contribution in [2.75, 3.05) is 5.32 Å². The van der Waals surface area contributed by atoms with Gasteiger partial charge in [-0.05, 0) is 24.1 Å². The van der Waals surface area contributed by atoms with Gasteiger partial charge in [0, 0.05) is 12.6 Å². The molecule has 0 saturated carbocycles. The zero-order valence-corrected chi connectivity index (χ0v) is 8.49. The summed E-state index contributed by atoms with van der Waals surface area (Å²) in [5, 5.41) is 2.65. The van der Waals surface area contributed by atoms with Gasteiger partial charge in [0.05, 0.1) is 6.04 Å². The first kappa shape index (κ1) is 11.4. The molecule has 0 aliphatic heterocycles. The summed E-state index contributed by atoms with van der Waals surface area (Å²) in [6, 6.07) is 6.60. The van der Waals surface area contributed by atoms with Gasteiger partial charge in [-0.25, -0.2) is 0 Å². The molecule has 79 valence electrons. The highest BCUT2D eigenvalue weighted by Gasteiger charge is 2.03. The molecular weight excluding hydrogens is 192 g/mol. The molecule has 0 unspecified atom stereocenters. The van der Waals surface area contributed by atoms with Crippen LogP contribution in [0.3, 0.4) is 0 Å². The third kappa shape index (κ3) is 3.91. The smallest absolute Gasteiger partial charge is 0.221 e. The van der Waals surface area contributed by atoms with E-state index in [0.29, 0.717) is 6.42 Å². The summed E-state index contributed by atoms with van der Waals surface area (Å²) in [6.45, 7) is 1.45. The van der Waals surface area contributed by atoms with E-state index in [1.165, 1.54) is 6.92 Å². The Balaban J connectivity index is 2.63. The van der Waals surface area contributed by atoms with E-state index in [0.717, 1.165) is 11.3 Å². The van der Waals surface area contributed by atoms with Crippen LogP contribution in [-0.4, -0.2) is 18.2 Å². The predicted molar refractivity (Wildman–Crippen MR) is 58.1 cm³/mol. The average molecular weight is 205 g/mol. The third-order valence-corrected chi connectivity index (χ3v) is 1.88. The summed E-state index contributed by atoms with van der Waals surface area (Å²) in [7, 11) is 0. The van der Waals surface area contributed by atoms with Gasteiger partial charge in [-0.15, -0.1) is 0 Å². The molecule has 3 N–H and O–H groups in total. The Kier molecular flexibility index (Phi) is 4.00. The zero-order valence-electron chi connectivity index (χ0n) is 8.49. The van der Waals surface area contributed by atoms with Crippen molar-refractivity contribution in [2.45, 2.75) is 19.4 Å². The van der Waals surface area contributed by atoms with Crippen LogP contribution in [0, 0.1) is 0 Å². The summed E-state index contributed by atoms with van der Waals surface area (Å²) in [6.07, 6.45) is 2.18. The number of hydrogen-bond acceptors (Lipinski definition) is 3. The molecule has 1 atom stereocenters. The molecule has 0 saturated heterocycles. The fourth-order valence-corrected chi connectivity index (χ4v) is 1.22. The van der Waals surface area contributed by atoms with E-state index >= 15 is 0 Å². The molecule has 0 aliphatic rings. The molecule has 0 spiro atoms. The van der Waals surface area contributed by atoms with E-state index in [4.69, 9.17) is 5.73 Å². The van der Waals surface area contributed by atoms with E-state index < -0.39 is 6.04 Å². The predicted octanol–water partition coefficient (Wildman–Crippen LogP) is 0.624. The number of carbonyl (C=O) groups excluding carboxylic acids is 2. The summed E-state index contributed by atoms with van der Waals surface area (Å²) in [4.78, 5) is 21.0. The normalized spacial score (nSPS) is 11.9. The average Bonchev–Trinajstić information content (AvgIpc) is 2.20. The fraction of sp³-hybridized carbons (Fsp3) is 0.273. The molecule has 0 aliphatic carbocycles. The summed E-state index contributed by atoms with van der Waals surface area (Å²) < 4.78 is 0. The maximum absolute atomic E-state index is 10.7. The van der Waals surface area contributed by atoms with Crippen molar-refractivity contribution in [1.82, 2.24) is 0 Å². The van der Waals surface area contributed by atoms with Crippen LogP contribution in [0.4, 0.5) is 5.69 Å². The van der Waals surface area contributed by atoms with Crippen molar-refractivity contribution in [1.29, 1.82) is 0 Å². The first-order chi connectivity index (χ1) is 7.11. The monoisotopic (exact) mass is 205 g/mol. The quantitative estimate of drug-likeness (QED) is 0.757. The van der Waals surface area contributed by atoms with Gasteiger partial charge in [0.25, 0.3) is 0 Å². The fourth-order valence-electron chi connectivity index (χ4n) is 1.22. The number of carbonyl (C=O) groups is 1. The summed E-state index contributed by atoms with van der Waals surface area (Å²) >= 11 is 0. The van der Waals surface area contributed by atoms with Gasteiger partial charge in [-0.1, -0.05) is 12.1 Å². The molecule has 4 heteroatoms. The lowest BCUT2D eigenvalue weighted by atomic mass is 10.1. The van der Waals surface area contributed by atoms with Gasteiger partial charge >= 0.3 is 0 Å². The van der Waals surface area contributed by atoms with E-state index in [9.17, 15) is 9.59 Å². The van der Waals surface area contributed by atoms with Gasteiger partial charge in [0.15, 0.2) is 0 Å². The maximum atomic E-state index is 10.7. The second-order valence-electron chi connectivity index (χ2n) is 3.31. The van der Waals surface area contributed by atoms with Gasteiger partial charge in [0.1, 0.15) is 0 Å². The summed E-state index contributed by atoms with van der Waals surface area (Å²) in [5.41, 5.74) is 7.11. The van der Waals surface area contributed by atoms with Gasteiger partial charge in [-0.2, -0.15) is 0 Å². The van der Waals surface area contributed by atoms with E-state index in [2.05, 4.69) is 5.32 Å². The number of rotatable bonds is 4. The Morgan fingerprint density at radius 3 is 2.53 bits per heavy atom. The Morgan fingerprint density at radius 2 is 2.07 bits per heavy atom. The minimum atomic E-state index is -0.586. The number of amides is 1. The summed E-state index contributed by atoms with van der Waals surface area (Å²) in [5.74, 6) is -0.110. The van der Waals surface area contributed by atoms with Crippen molar-refractivity contribution in [3.8, 4) is 0 Å². The highest BCUT2D eigenvalue weighted by molar-refractivity contribution is 5.88. The minimum Gasteiger partial charge on any atom is -0.326 e. The van der Waals surface area contributed by atoms with Crippen LogP contribution in [0.15, 0.2) is 24.3 Å². The number of nitrogens with one attached hydrogen (secondary N) is 1. The maximum Gasteiger partial charge on any atom is 0.221 e. The van der Waals surface area contributed by atoms with Crippen LogP contribution in [0.25, 0.3) is 0 Å². The Morgan fingerprint density at radius 1 is 1.47 bits per heavy atom. The molecule has 1 radical (unpaired) electrons. The van der Waals surface area contributed by atoms with Crippen molar-refractivity contribution in [3.05, 3.63) is 29.8 Å². The molecule has 0 bridgehead atoms. The van der Waals surface area contributed by atoms with E-state index in [1.807, 2.05) is 12.1 Å². The van der Waals surface area contributed by atoms with Crippen LogP contribution in [0.2, 0.25) is 0 Å². The van der Waals surface area contributed by atoms with Gasteiger partial charge in [-0.3, -0.25) is 9.59 Å². The Labute approximate surface area is 88.5 Å². The van der Waals surface area contributed by atoms with Crippen molar-refractivity contribution < 1.29 is 9.59 Å². The van der Waals surface area contributed by atoms with Crippen LogP contribution >= 0.6 is 0 Å². The second-order valence-corrected chi connectivity index (χ2v) is 3.31. The topological polar surface area (TPSA) is 72.2 Å². The molecule has 0 fully saturated rings. The lowest BCUT2D eigenvalue weighted by Crippen LogP contribution is -2.23. The first-order valence-electron chi connectivity index (χ1n) is 4.61. The second kappa shape index (κ2) is 5.26. The first-order valence-corrected chi connectivity index (χ1v) is 4.61. The molecule has 0 heterocycles. The standard InChI is InChI=1S/C11H13N2O2/c1-8(15)13-11-4-2-9(3-5-11)6-10(12)7-14/h2-5,10H,6,12H2,1H3,(H,13,15)/t10-/m0/s1. The van der Waals surface area contributed by atoms with Crippen molar-refractivity contribution >= 4 is 17.9 Å². The van der Waals surface area contributed by atoms with E-state index in [1.54, 1.807) is 18.4 Å². The minimum absolute atomic E-state index is 0.110. The van der Waals surface area contributed by atoms with Gasteiger partial charge < -0.3 is 11.1 Å². The van der Waals surface area contributed by atoms with Crippen LogP contribution in [0.5, 0.6) is 0 Å². The number of benzene rings is 1. The number of anilines is 1. The SMILES string of the molecule is CC(=O)Nc1ccc(C[C@H](N)[C]=O)cc1. The number of hydrogen-bond donors (Lipinski definition) is 2. The molecule has 1 amide bonds. The Hall–Kier alpha value is -1.68. The highest BCUT2D eigenvalue weighted by atomic mass is 16.1. The highest BCUT2D eigenvalue weighted by Crippen LogP contribution is 2.10. The molecule has 4 nitrogen and oxygen atoms in total. The van der Waals surface area contributed by atoms with Crippen LogP contribution in [0.1, 0.15) is 12.5 Å². The number of nitrogens with two attached hydrogens (primary N) is 1. The van der Waals surface area contributed by atoms with E-state index in [-0.39, 0.29) is 5.91 Å².